The zero-order chi connectivity index (χ0) is 33.7. The van der Waals surface area contributed by atoms with Crippen LogP contribution in [0.25, 0.3) is 0 Å². The molecule has 47 heavy (non-hydrogen) atoms. The third-order valence-corrected chi connectivity index (χ3v) is 9.21. The molecule has 244 valence electrons. The minimum absolute atomic E-state index is 0.120. The van der Waals surface area contributed by atoms with Gasteiger partial charge in [-0.05, 0) is 72.9 Å². The first kappa shape index (κ1) is 33.8. The van der Waals surface area contributed by atoms with Crippen LogP contribution >= 0.6 is 11.6 Å². The first-order valence-electron chi connectivity index (χ1n) is 15.7. The minimum Gasteiger partial charge on any atom is -0.489 e. The molecule has 5 rings (SSSR count). The summed E-state index contributed by atoms with van der Waals surface area (Å²) in [5.74, 6) is -5.12. The van der Waals surface area contributed by atoms with Crippen LogP contribution in [0.5, 0.6) is 5.75 Å². The first-order chi connectivity index (χ1) is 22.5. The summed E-state index contributed by atoms with van der Waals surface area (Å²) >= 11 is 6.16. The van der Waals surface area contributed by atoms with Crippen LogP contribution in [0.4, 0.5) is 15.8 Å². The average Bonchev–Trinajstić information content (AvgIpc) is 3.04. The van der Waals surface area contributed by atoms with Gasteiger partial charge in [0, 0.05) is 29.3 Å². The van der Waals surface area contributed by atoms with Gasteiger partial charge in [-0.1, -0.05) is 80.0 Å². The molecule has 0 bridgehead atoms. The molecule has 4 unspecified atom stereocenters. The van der Waals surface area contributed by atoms with E-state index in [1.807, 2.05) is 44.2 Å². The number of aryl methyl sites for hydroxylation is 2. The molecule has 1 aliphatic rings. The number of ketones is 1. The average molecular weight is 657 g/mol. The van der Waals surface area contributed by atoms with Crippen molar-refractivity contribution in [3.05, 3.63) is 124 Å². The van der Waals surface area contributed by atoms with Gasteiger partial charge in [-0.15, -0.1) is 0 Å². The number of aliphatic hydroxyl groups is 1. The molecule has 1 aliphatic carbocycles. The largest absolute Gasteiger partial charge is 0.489 e. The molecule has 0 saturated heterocycles. The van der Waals surface area contributed by atoms with E-state index in [0.29, 0.717) is 35.5 Å². The Morgan fingerprint density at radius 2 is 1.45 bits per heavy atom. The number of para-hydroxylation sites is 2. The summed E-state index contributed by atoms with van der Waals surface area (Å²) in [7, 11) is 0. The number of Topliss-reactive ketones (excluding diaryl/α,β-unsaturated/α-hetero) is 1. The standard InChI is InChI=1S/C38H38ClFN2O5/c1-4-23-11-6-8-15-30(23)41-36(44)34-32(43)21-38(3,46)35(37(45)42-31-16-9-7-12-24(31)5-2)33(34)25-17-19-26(20-18-25)47-22-27-28(39)13-10-14-29(27)40/h6-20,33-35,46H,4-5,21-22H2,1-3H3,(H,41,44)(H,42,45). The van der Waals surface area contributed by atoms with Gasteiger partial charge < -0.3 is 20.5 Å². The Bertz CT molecular complexity index is 1750. The number of hydrogen-bond acceptors (Lipinski definition) is 5. The van der Waals surface area contributed by atoms with Gasteiger partial charge >= 0.3 is 0 Å². The van der Waals surface area contributed by atoms with Gasteiger partial charge in [0.1, 0.15) is 29.9 Å². The Hall–Kier alpha value is -4.53. The zero-order valence-corrected chi connectivity index (χ0v) is 27.3. The maximum atomic E-state index is 14.3. The molecule has 0 aliphatic heterocycles. The van der Waals surface area contributed by atoms with Gasteiger partial charge in [-0.2, -0.15) is 0 Å². The summed E-state index contributed by atoms with van der Waals surface area (Å²) in [4.78, 5) is 42.0. The van der Waals surface area contributed by atoms with Crippen molar-refractivity contribution in [1.29, 1.82) is 0 Å². The van der Waals surface area contributed by atoms with Crippen molar-refractivity contribution in [3.63, 3.8) is 0 Å². The van der Waals surface area contributed by atoms with Crippen LogP contribution in [-0.4, -0.2) is 28.3 Å². The van der Waals surface area contributed by atoms with E-state index in [-0.39, 0.29) is 23.6 Å². The maximum absolute atomic E-state index is 14.3. The van der Waals surface area contributed by atoms with Crippen LogP contribution < -0.4 is 15.4 Å². The van der Waals surface area contributed by atoms with Crippen molar-refractivity contribution in [1.82, 2.24) is 0 Å². The molecule has 7 nitrogen and oxygen atoms in total. The van der Waals surface area contributed by atoms with E-state index in [0.717, 1.165) is 11.1 Å². The smallest absolute Gasteiger partial charge is 0.235 e. The zero-order valence-electron chi connectivity index (χ0n) is 26.6. The topological polar surface area (TPSA) is 105 Å². The lowest BCUT2D eigenvalue weighted by atomic mass is 9.61. The summed E-state index contributed by atoms with van der Waals surface area (Å²) in [6.07, 6.45) is 0.949. The number of nitrogens with one attached hydrogen (secondary N) is 2. The highest BCUT2D eigenvalue weighted by Crippen LogP contribution is 2.47. The molecule has 1 fully saturated rings. The number of carbonyl (C=O) groups excluding carboxylic acids is 3. The second kappa shape index (κ2) is 14.5. The fraction of sp³-hybridized carbons (Fsp3) is 0.289. The molecule has 1 saturated carbocycles. The number of amides is 2. The van der Waals surface area contributed by atoms with Gasteiger partial charge in [0.15, 0.2) is 0 Å². The summed E-state index contributed by atoms with van der Waals surface area (Å²) < 4.78 is 20.1. The lowest BCUT2D eigenvalue weighted by Crippen LogP contribution is -2.56. The summed E-state index contributed by atoms with van der Waals surface area (Å²) in [5.41, 5.74) is 1.92. The molecule has 4 aromatic carbocycles. The van der Waals surface area contributed by atoms with Crippen molar-refractivity contribution in [2.24, 2.45) is 11.8 Å². The second-order valence-corrected chi connectivity index (χ2v) is 12.4. The van der Waals surface area contributed by atoms with E-state index in [4.69, 9.17) is 16.3 Å². The third kappa shape index (κ3) is 7.39. The molecular weight excluding hydrogens is 619 g/mol. The number of anilines is 2. The van der Waals surface area contributed by atoms with Gasteiger partial charge in [0.25, 0.3) is 0 Å². The second-order valence-electron chi connectivity index (χ2n) is 12.0. The Labute approximate surface area is 279 Å². The van der Waals surface area contributed by atoms with Gasteiger partial charge in [0.2, 0.25) is 11.8 Å². The SMILES string of the molecule is CCc1ccccc1NC(=O)C1C(=O)CC(C)(O)C(C(=O)Nc2ccccc2CC)C1c1ccc(OCc2c(F)cccc2Cl)cc1. The minimum atomic E-state index is -1.76. The van der Waals surface area contributed by atoms with Crippen molar-refractivity contribution >= 4 is 40.6 Å². The van der Waals surface area contributed by atoms with E-state index >= 15 is 0 Å². The van der Waals surface area contributed by atoms with E-state index in [1.165, 1.54) is 19.1 Å². The molecule has 4 atom stereocenters. The number of benzene rings is 4. The predicted molar refractivity (Wildman–Crippen MR) is 181 cm³/mol. The summed E-state index contributed by atoms with van der Waals surface area (Å²) in [6.45, 7) is 5.28. The normalized spacial score (nSPS) is 20.8. The van der Waals surface area contributed by atoms with Crippen LogP contribution in [0.15, 0.2) is 91.0 Å². The number of rotatable bonds is 10. The number of halogens is 2. The van der Waals surface area contributed by atoms with Crippen LogP contribution in [0.1, 0.15) is 55.4 Å². The van der Waals surface area contributed by atoms with Crippen LogP contribution in [0.2, 0.25) is 5.02 Å². The van der Waals surface area contributed by atoms with E-state index < -0.39 is 46.8 Å². The number of hydrogen-bond donors (Lipinski definition) is 3. The van der Waals surface area contributed by atoms with Crippen LogP contribution in [-0.2, 0) is 33.8 Å². The Morgan fingerprint density at radius 1 is 0.872 bits per heavy atom. The fourth-order valence-electron chi connectivity index (χ4n) is 6.43. The summed E-state index contributed by atoms with van der Waals surface area (Å²) in [5, 5.41) is 17.9. The quantitative estimate of drug-likeness (QED) is 0.153. The summed E-state index contributed by atoms with van der Waals surface area (Å²) in [6, 6.07) is 25.7. The molecule has 3 N–H and O–H groups in total. The van der Waals surface area contributed by atoms with E-state index in [2.05, 4.69) is 10.6 Å². The monoisotopic (exact) mass is 656 g/mol. The van der Waals surface area contributed by atoms with Crippen molar-refractivity contribution in [3.8, 4) is 5.75 Å². The predicted octanol–water partition coefficient (Wildman–Crippen LogP) is 7.50. The van der Waals surface area contributed by atoms with Crippen LogP contribution in [0.3, 0.4) is 0 Å². The highest BCUT2D eigenvalue weighted by atomic mass is 35.5. The molecule has 9 heteroatoms. The maximum Gasteiger partial charge on any atom is 0.235 e. The molecule has 4 aromatic rings. The van der Waals surface area contributed by atoms with E-state index in [9.17, 15) is 23.9 Å². The number of ether oxygens (including phenoxy) is 1. The lowest BCUT2D eigenvalue weighted by molar-refractivity contribution is -0.150. The molecule has 0 heterocycles. The fourth-order valence-corrected chi connectivity index (χ4v) is 6.64. The molecule has 0 aromatic heterocycles. The highest BCUT2D eigenvalue weighted by Gasteiger charge is 2.56. The van der Waals surface area contributed by atoms with Gasteiger partial charge in [-0.3, -0.25) is 14.4 Å². The first-order valence-corrected chi connectivity index (χ1v) is 16.1. The lowest BCUT2D eigenvalue weighted by Gasteiger charge is -2.44. The van der Waals surface area contributed by atoms with Crippen molar-refractivity contribution in [2.75, 3.05) is 10.6 Å². The van der Waals surface area contributed by atoms with Gasteiger partial charge in [0.05, 0.1) is 16.5 Å². The molecule has 0 spiro atoms. The highest BCUT2D eigenvalue weighted by molar-refractivity contribution is 6.31. The molecule has 2 amide bonds. The molecular formula is C38H38ClFN2O5. The van der Waals surface area contributed by atoms with Crippen LogP contribution in [0, 0.1) is 17.7 Å². The Balaban J connectivity index is 1.52. The Kier molecular flexibility index (Phi) is 10.4. The van der Waals surface area contributed by atoms with Crippen molar-refractivity contribution in [2.45, 2.75) is 58.2 Å². The Morgan fingerprint density at radius 3 is 2.02 bits per heavy atom. The van der Waals surface area contributed by atoms with Gasteiger partial charge in [-0.25, -0.2) is 4.39 Å². The van der Waals surface area contributed by atoms with E-state index in [1.54, 1.807) is 48.5 Å². The third-order valence-electron chi connectivity index (χ3n) is 8.85. The van der Waals surface area contributed by atoms with Crippen molar-refractivity contribution < 1.29 is 28.6 Å². The molecule has 0 radical (unpaired) electrons. The number of carbonyl (C=O) groups is 3.